The summed E-state index contributed by atoms with van der Waals surface area (Å²) in [4.78, 5) is 36.6. The topological polar surface area (TPSA) is 102 Å². The molecule has 2 aromatic rings. The Balaban J connectivity index is 1.81. The van der Waals surface area contributed by atoms with Crippen LogP contribution in [0.1, 0.15) is 27.6 Å². The number of nitrogens with zero attached hydrogens (tertiary/aromatic N) is 2. The molecule has 1 aliphatic rings. The van der Waals surface area contributed by atoms with Crippen LogP contribution in [0, 0.1) is 10.1 Å². The molecule has 8 heteroatoms. The van der Waals surface area contributed by atoms with E-state index in [9.17, 15) is 19.7 Å². The van der Waals surface area contributed by atoms with Gasteiger partial charge in [0.15, 0.2) is 5.78 Å². The Morgan fingerprint density at radius 1 is 1.07 bits per heavy atom. The second kappa shape index (κ2) is 7.96. The molecule has 2 aromatic carbocycles. The van der Waals surface area contributed by atoms with Gasteiger partial charge < -0.3 is 15.0 Å². The molecule has 27 heavy (non-hydrogen) atoms. The highest BCUT2D eigenvalue weighted by atomic mass is 16.6. The summed E-state index contributed by atoms with van der Waals surface area (Å²) >= 11 is 0. The quantitative estimate of drug-likeness (QED) is 0.494. The van der Waals surface area contributed by atoms with E-state index in [1.54, 1.807) is 36.4 Å². The third kappa shape index (κ3) is 4.29. The SMILES string of the molecule is CC(=O)c1ccc(NC(=O)c2ccc(N3CCOCC3)c([N+](=O)[O-])c2)cc1. The van der Waals surface area contributed by atoms with Crippen molar-refractivity contribution in [2.75, 3.05) is 36.5 Å². The summed E-state index contributed by atoms with van der Waals surface area (Å²) in [5.41, 5.74) is 1.60. The minimum Gasteiger partial charge on any atom is -0.378 e. The maximum absolute atomic E-state index is 12.5. The minimum absolute atomic E-state index is 0.0674. The normalized spacial score (nSPS) is 13.9. The van der Waals surface area contributed by atoms with Gasteiger partial charge in [-0.25, -0.2) is 0 Å². The molecule has 0 aromatic heterocycles. The van der Waals surface area contributed by atoms with Crippen molar-refractivity contribution in [3.05, 3.63) is 63.7 Å². The number of anilines is 2. The molecular formula is C19H19N3O5. The largest absolute Gasteiger partial charge is 0.378 e. The molecule has 3 rings (SSSR count). The summed E-state index contributed by atoms with van der Waals surface area (Å²) in [6, 6.07) is 10.9. The number of amides is 1. The molecular weight excluding hydrogens is 350 g/mol. The monoisotopic (exact) mass is 369 g/mol. The first kappa shape index (κ1) is 18.5. The zero-order chi connectivity index (χ0) is 19.4. The number of ketones is 1. The van der Waals surface area contributed by atoms with E-state index in [0.29, 0.717) is 43.2 Å². The van der Waals surface area contributed by atoms with E-state index in [-0.39, 0.29) is 17.0 Å². The van der Waals surface area contributed by atoms with Gasteiger partial charge in [0.05, 0.1) is 18.1 Å². The maximum Gasteiger partial charge on any atom is 0.293 e. The second-order valence-electron chi connectivity index (χ2n) is 6.15. The number of benzene rings is 2. The fraction of sp³-hybridized carbons (Fsp3) is 0.263. The number of carbonyl (C=O) groups is 2. The number of ether oxygens (including phenoxy) is 1. The van der Waals surface area contributed by atoms with Crippen molar-refractivity contribution in [1.82, 2.24) is 0 Å². The third-order valence-corrected chi connectivity index (χ3v) is 4.34. The summed E-state index contributed by atoms with van der Waals surface area (Å²) in [6.07, 6.45) is 0. The molecule has 8 nitrogen and oxygen atoms in total. The number of nitro groups is 1. The molecule has 0 radical (unpaired) electrons. The van der Waals surface area contributed by atoms with Crippen LogP contribution < -0.4 is 10.2 Å². The van der Waals surface area contributed by atoms with E-state index in [2.05, 4.69) is 5.32 Å². The molecule has 0 atom stereocenters. The Morgan fingerprint density at radius 2 is 1.70 bits per heavy atom. The Labute approximate surface area is 155 Å². The van der Waals surface area contributed by atoms with E-state index in [1.165, 1.54) is 13.0 Å². The highest BCUT2D eigenvalue weighted by molar-refractivity contribution is 6.05. The van der Waals surface area contributed by atoms with Crippen molar-refractivity contribution in [1.29, 1.82) is 0 Å². The summed E-state index contributed by atoms with van der Waals surface area (Å²) in [5, 5.41) is 14.2. The number of nitrogens with one attached hydrogen (secondary N) is 1. The van der Waals surface area contributed by atoms with Crippen LogP contribution in [0.5, 0.6) is 0 Å². The lowest BCUT2D eigenvalue weighted by molar-refractivity contribution is -0.384. The predicted octanol–water partition coefficient (Wildman–Crippen LogP) is 2.89. The maximum atomic E-state index is 12.5. The number of carbonyl (C=O) groups excluding carboxylic acids is 2. The fourth-order valence-corrected chi connectivity index (χ4v) is 2.87. The average molecular weight is 369 g/mol. The zero-order valence-corrected chi connectivity index (χ0v) is 14.8. The molecule has 0 aliphatic carbocycles. The summed E-state index contributed by atoms with van der Waals surface area (Å²) in [7, 11) is 0. The summed E-state index contributed by atoms with van der Waals surface area (Å²) < 4.78 is 5.28. The lowest BCUT2D eigenvalue weighted by atomic mass is 10.1. The van der Waals surface area contributed by atoms with Gasteiger partial charge in [-0.3, -0.25) is 19.7 Å². The molecule has 0 unspecified atom stereocenters. The van der Waals surface area contributed by atoms with Crippen molar-refractivity contribution in [3.63, 3.8) is 0 Å². The molecule has 1 aliphatic heterocycles. The Hall–Kier alpha value is -3.26. The van der Waals surface area contributed by atoms with Crippen LogP contribution in [0.2, 0.25) is 0 Å². The van der Waals surface area contributed by atoms with Gasteiger partial charge in [-0.1, -0.05) is 0 Å². The average Bonchev–Trinajstić information content (AvgIpc) is 2.68. The van der Waals surface area contributed by atoms with E-state index < -0.39 is 10.8 Å². The van der Waals surface area contributed by atoms with Crippen LogP contribution in [0.4, 0.5) is 17.1 Å². The van der Waals surface area contributed by atoms with Gasteiger partial charge in [0, 0.05) is 36.0 Å². The third-order valence-electron chi connectivity index (χ3n) is 4.34. The van der Waals surface area contributed by atoms with Crippen LogP contribution >= 0.6 is 0 Å². The van der Waals surface area contributed by atoms with Crippen LogP contribution in [0.15, 0.2) is 42.5 Å². The van der Waals surface area contributed by atoms with E-state index in [0.717, 1.165) is 0 Å². The van der Waals surface area contributed by atoms with Gasteiger partial charge in [-0.2, -0.15) is 0 Å². The van der Waals surface area contributed by atoms with Crippen LogP contribution in [-0.4, -0.2) is 42.9 Å². The van der Waals surface area contributed by atoms with Gasteiger partial charge in [-0.15, -0.1) is 0 Å². The molecule has 1 saturated heterocycles. The van der Waals surface area contributed by atoms with E-state index in [1.807, 2.05) is 4.90 Å². The van der Waals surface area contributed by atoms with Crippen LogP contribution in [-0.2, 0) is 4.74 Å². The number of hydrogen-bond donors (Lipinski definition) is 1. The molecule has 0 spiro atoms. The molecule has 140 valence electrons. The number of hydrogen-bond acceptors (Lipinski definition) is 6. The lowest BCUT2D eigenvalue weighted by Gasteiger charge is -2.28. The Bertz CT molecular complexity index is 873. The number of nitro benzene ring substituents is 1. The van der Waals surface area contributed by atoms with Gasteiger partial charge in [0.25, 0.3) is 11.6 Å². The van der Waals surface area contributed by atoms with Crippen molar-refractivity contribution in [2.45, 2.75) is 6.92 Å². The first-order valence-corrected chi connectivity index (χ1v) is 8.49. The van der Waals surface area contributed by atoms with E-state index in [4.69, 9.17) is 4.74 Å². The summed E-state index contributed by atoms with van der Waals surface area (Å²) in [6.45, 7) is 3.61. The number of rotatable bonds is 5. The number of morpholine rings is 1. The summed E-state index contributed by atoms with van der Waals surface area (Å²) in [5.74, 6) is -0.524. The van der Waals surface area contributed by atoms with Crippen molar-refractivity contribution < 1.29 is 19.2 Å². The first-order valence-electron chi connectivity index (χ1n) is 8.49. The van der Waals surface area contributed by atoms with Crippen molar-refractivity contribution in [2.24, 2.45) is 0 Å². The standard InChI is InChI=1S/C19H19N3O5/c1-13(23)14-2-5-16(6-3-14)20-19(24)15-4-7-17(18(12-15)22(25)26)21-8-10-27-11-9-21/h2-7,12H,8-11H2,1H3,(H,20,24). The smallest absolute Gasteiger partial charge is 0.293 e. The van der Waals surface area contributed by atoms with Crippen molar-refractivity contribution >= 4 is 28.8 Å². The second-order valence-corrected chi connectivity index (χ2v) is 6.15. The minimum atomic E-state index is -0.483. The highest BCUT2D eigenvalue weighted by Crippen LogP contribution is 2.30. The Kier molecular flexibility index (Phi) is 5.46. The molecule has 1 N–H and O–H groups in total. The van der Waals surface area contributed by atoms with Gasteiger partial charge >= 0.3 is 0 Å². The van der Waals surface area contributed by atoms with E-state index >= 15 is 0 Å². The molecule has 1 amide bonds. The van der Waals surface area contributed by atoms with Crippen LogP contribution in [0.25, 0.3) is 0 Å². The molecule has 1 fully saturated rings. The zero-order valence-electron chi connectivity index (χ0n) is 14.8. The highest BCUT2D eigenvalue weighted by Gasteiger charge is 2.23. The molecule has 1 heterocycles. The fourth-order valence-electron chi connectivity index (χ4n) is 2.87. The lowest BCUT2D eigenvalue weighted by Crippen LogP contribution is -2.36. The van der Waals surface area contributed by atoms with Crippen LogP contribution in [0.3, 0.4) is 0 Å². The molecule has 0 saturated carbocycles. The Morgan fingerprint density at radius 3 is 2.30 bits per heavy atom. The van der Waals surface area contributed by atoms with Crippen molar-refractivity contribution in [3.8, 4) is 0 Å². The van der Waals surface area contributed by atoms with Gasteiger partial charge in [0.2, 0.25) is 0 Å². The number of Topliss-reactive ketones (excluding diaryl/α,β-unsaturated/α-hetero) is 1. The van der Waals surface area contributed by atoms with Gasteiger partial charge in [-0.05, 0) is 43.3 Å². The molecule has 0 bridgehead atoms. The van der Waals surface area contributed by atoms with Gasteiger partial charge in [0.1, 0.15) is 5.69 Å². The predicted molar refractivity (Wildman–Crippen MR) is 101 cm³/mol. The first-order chi connectivity index (χ1) is 13.0.